The minimum atomic E-state index is -1.55. The van der Waals surface area contributed by atoms with Crippen LogP contribution < -0.4 is 10.8 Å². The predicted molar refractivity (Wildman–Crippen MR) is 98.2 cm³/mol. The summed E-state index contributed by atoms with van der Waals surface area (Å²) in [6, 6.07) is 6.49. The Labute approximate surface area is 165 Å². The fourth-order valence-corrected chi connectivity index (χ4v) is 3.31. The zero-order chi connectivity index (χ0) is 21.0. The second-order valence-electron chi connectivity index (χ2n) is 6.84. The molecule has 2 aromatic carbocycles. The van der Waals surface area contributed by atoms with Crippen LogP contribution in [0.25, 0.3) is 11.1 Å². The Balaban J connectivity index is 1.78. The van der Waals surface area contributed by atoms with Gasteiger partial charge in [-0.1, -0.05) is 24.3 Å². The molecule has 6 nitrogen and oxygen atoms in total. The molecule has 1 heterocycles. The van der Waals surface area contributed by atoms with Crippen molar-refractivity contribution in [1.82, 2.24) is 15.7 Å². The van der Waals surface area contributed by atoms with Crippen molar-refractivity contribution in [3.8, 4) is 11.1 Å². The van der Waals surface area contributed by atoms with Crippen molar-refractivity contribution in [1.29, 1.82) is 0 Å². The fourth-order valence-electron chi connectivity index (χ4n) is 3.31. The van der Waals surface area contributed by atoms with Gasteiger partial charge in [0.25, 0.3) is 5.91 Å². The molecule has 1 saturated heterocycles. The van der Waals surface area contributed by atoms with Crippen LogP contribution in [0.1, 0.15) is 24.4 Å². The quantitative estimate of drug-likeness (QED) is 0.391. The van der Waals surface area contributed by atoms with Crippen molar-refractivity contribution in [3.05, 3.63) is 59.4 Å². The van der Waals surface area contributed by atoms with Crippen LogP contribution in [0.15, 0.2) is 36.4 Å². The van der Waals surface area contributed by atoms with Crippen LogP contribution in [-0.4, -0.2) is 41.6 Å². The molecule has 3 rings (SSSR count). The van der Waals surface area contributed by atoms with E-state index in [-0.39, 0.29) is 18.0 Å². The van der Waals surface area contributed by atoms with Crippen LogP contribution in [0.2, 0.25) is 0 Å². The number of nitrogens with zero attached hydrogens (tertiary/aromatic N) is 1. The van der Waals surface area contributed by atoms with Gasteiger partial charge >= 0.3 is 0 Å². The van der Waals surface area contributed by atoms with Crippen molar-refractivity contribution >= 4 is 11.8 Å². The average molecular weight is 407 g/mol. The summed E-state index contributed by atoms with van der Waals surface area (Å²) in [5, 5.41) is 11.6. The fraction of sp³-hybridized carbons (Fsp3) is 0.300. The van der Waals surface area contributed by atoms with Gasteiger partial charge in [0.1, 0.15) is 6.04 Å². The number of carbonyl (C=O) groups is 2. The number of hydrogen-bond acceptors (Lipinski definition) is 4. The number of carbonyl (C=O) groups excluding carboxylic acids is 2. The highest BCUT2D eigenvalue weighted by Gasteiger charge is 2.24. The van der Waals surface area contributed by atoms with Crippen molar-refractivity contribution in [2.75, 3.05) is 19.6 Å². The van der Waals surface area contributed by atoms with Crippen molar-refractivity contribution < 1.29 is 28.0 Å². The summed E-state index contributed by atoms with van der Waals surface area (Å²) in [5.74, 6) is -5.36. The Morgan fingerprint density at radius 2 is 1.59 bits per heavy atom. The zero-order valence-corrected chi connectivity index (χ0v) is 15.4. The second-order valence-corrected chi connectivity index (χ2v) is 6.84. The topological polar surface area (TPSA) is 81.7 Å². The van der Waals surface area contributed by atoms with Gasteiger partial charge in [-0.05, 0) is 54.8 Å². The third-order valence-electron chi connectivity index (χ3n) is 4.80. The standard InChI is InChI=1S/C20H20F3N3O3/c21-15-9-14(10-16(22)18(15)23)12-3-5-13(6-4-12)19(20(28)25-29)24-17(27)11-26-7-1-2-8-26/h3-6,9-10,19,29H,1-2,7-8,11H2,(H,24,27)(H,25,28). The average Bonchev–Trinajstić information content (AvgIpc) is 3.22. The first-order valence-corrected chi connectivity index (χ1v) is 9.09. The van der Waals surface area contributed by atoms with Crippen LogP contribution in [0.4, 0.5) is 13.2 Å². The molecule has 1 fully saturated rings. The molecule has 0 bridgehead atoms. The normalized spacial score (nSPS) is 15.2. The summed E-state index contributed by atoms with van der Waals surface area (Å²) in [6.07, 6.45) is 2.03. The second kappa shape index (κ2) is 9.06. The lowest BCUT2D eigenvalue weighted by Crippen LogP contribution is -2.43. The van der Waals surface area contributed by atoms with E-state index in [0.717, 1.165) is 38.1 Å². The van der Waals surface area contributed by atoms with E-state index in [1.807, 2.05) is 4.90 Å². The van der Waals surface area contributed by atoms with E-state index in [2.05, 4.69) is 5.32 Å². The summed E-state index contributed by atoms with van der Waals surface area (Å²) in [5.41, 5.74) is 2.39. The highest BCUT2D eigenvalue weighted by molar-refractivity contribution is 5.88. The van der Waals surface area contributed by atoms with Crippen LogP contribution in [-0.2, 0) is 9.59 Å². The lowest BCUT2D eigenvalue weighted by molar-refractivity contribution is -0.135. The maximum atomic E-state index is 13.4. The molecular formula is C20H20F3N3O3. The lowest BCUT2D eigenvalue weighted by atomic mass is 10.00. The highest BCUT2D eigenvalue weighted by atomic mass is 19.2. The smallest absolute Gasteiger partial charge is 0.270 e. The van der Waals surface area contributed by atoms with Gasteiger partial charge in [-0.25, -0.2) is 18.7 Å². The lowest BCUT2D eigenvalue weighted by Gasteiger charge is -2.20. The molecule has 0 radical (unpaired) electrons. The minimum Gasteiger partial charge on any atom is -0.339 e. The molecule has 0 saturated carbocycles. The van der Waals surface area contributed by atoms with Gasteiger partial charge in [-0.3, -0.25) is 19.7 Å². The van der Waals surface area contributed by atoms with Crippen LogP contribution in [0, 0.1) is 17.5 Å². The van der Waals surface area contributed by atoms with E-state index < -0.39 is 29.4 Å². The maximum Gasteiger partial charge on any atom is 0.270 e. The van der Waals surface area contributed by atoms with Gasteiger partial charge < -0.3 is 5.32 Å². The first kappa shape index (κ1) is 20.8. The first-order valence-electron chi connectivity index (χ1n) is 9.09. The van der Waals surface area contributed by atoms with Crippen molar-refractivity contribution in [2.45, 2.75) is 18.9 Å². The molecular weight excluding hydrogens is 387 g/mol. The Bertz CT molecular complexity index is 877. The molecule has 1 aliphatic rings. The van der Waals surface area contributed by atoms with Gasteiger partial charge in [0, 0.05) is 0 Å². The molecule has 154 valence electrons. The van der Waals surface area contributed by atoms with E-state index >= 15 is 0 Å². The molecule has 3 N–H and O–H groups in total. The SMILES string of the molecule is O=C(CN1CCCC1)NC(C(=O)NO)c1ccc(-c2cc(F)c(F)c(F)c2)cc1. The molecule has 1 atom stereocenters. The number of likely N-dealkylation sites (tertiary alicyclic amines) is 1. The van der Waals surface area contributed by atoms with Gasteiger partial charge in [0.05, 0.1) is 6.54 Å². The number of rotatable bonds is 6. The highest BCUT2D eigenvalue weighted by Crippen LogP contribution is 2.25. The Kier molecular flexibility index (Phi) is 6.50. The molecule has 2 aromatic rings. The number of benzene rings is 2. The Hall–Kier alpha value is -2.91. The van der Waals surface area contributed by atoms with E-state index in [4.69, 9.17) is 5.21 Å². The minimum absolute atomic E-state index is 0.120. The van der Waals surface area contributed by atoms with Crippen molar-refractivity contribution in [3.63, 3.8) is 0 Å². The molecule has 0 spiro atoms. The molecule has 1 unspecified atom stereocenters. The zero-order valence-electron chi connectivity index (χ0n) is 15.4. The Morgan fingerprint density at radius 1 is 1.00 bits per heavy atom. The number of nitrogens with one attached hydrogen (secondary N) is 2. The maximum absolute atomic E-state index is 13.4. The van der Waals surface area contributed by atoms with Gasteiger partial charge in [0.15, 0.2) is 17.5 Å². The predicted octanol–water partition coefficient (Wildman–Crippen LogP) is 2.53. The van der Waals surface area contributed by atoms with Gasteiger partial charge in [-0.2, -0.15) is 0 Å². The van der Waals surface area contributed by atoms with Crippen LogP contribution >= 0.6 is 0 Å². The third-order valence-corrected chi connectivity index (χ3v) is 4.80. The van der Waals surface area contributed by atoms with Crippen LogP contribution in [0.5, 0.6) is 0 Å². The number of halogens is 3. The number of hydroxylamine groups is 1. The summed E-state index contributed by atoms with van der Waals surface area (Å²) in [7, 11) is 0. The molecule has 0 aliphatic carbocycles. The van der Waals surface area contributed by atoms with Crippen molar-refractivity contribution in [2.24, 2.45) is 0 Å². The largest absolute Gasteiger partial charge is 0.339 e. The van der Waals surface area contributed by atoms with E-state index in [9.17, 15) is 22.8 Å². The molecule has 0 aromatic heterocycles. The molecule has 2 amide bonds. The Morgan fingerprint density at radius 3 is 2.14 bits per heavy atom. The summed E-state index contributed by atoms with van der Waals surface area (Å²) in [4.78, 5) is 26.3. The number of amides is 2. The summed E-state index contributed by atoms with van der Waals surface area (Å²) >= 11 is 0. The first-order chi connectivity index (χ1) is 13.9. The van der Waals surface area contributed by atoms with E-state index in [1.165, 1.54) is 29.7 Å². The monoisotopic (exact) mass is 407 g/mol. The number of hydrogen-bond donors (Lipinski definition) is 3. The van der Waals surface area contributed by atoms with E-state index in [0.29, 0.717) is 11.1 Å². The molecule has 9 heteroatoms. The van der Waals surface area contributed by atoms with Crippen LogP contribution in [0.3, 0.4) is 0 Å². The summed E-state index contributed by atoms with van der Waals surface area (Å²) in [6.45, 7) is 1.76. The summed E-state index contributed by atoms with van der Waals surface area (Å²) < 4.78 is 40.0. The van der Waals surface area contributed by atoms with Gasteiger partial charge in [0.2, 0.25) is 5.91 Å². The molecule has 29 heavy (non-hydrogen) atoms. The molecule has 1 aliphatic heterocycles. The van der Waals surface area contributed by atoms with E-state index in [1.54, 1.807) is 0 Å². The third kappa shape index (κ3) is 4.93. The van der Waals surface area contributed by atoms with Gasteiger partial charge in [-0.15, -0.1) is 0 Å².